The van der Waals surface area contributed by atoms with Crippen molar-refractivity contribution in [2.24, 2.45) is 11.3 Å². The molecule has 0 aromatic heterocycles. The molecule has 1 nitrogen and oxygen atoms in total. The van der Waals surface area contributed by atoms with E-state index in [1.165, 1.54) is 45.1 Å². The molecule has 1 N–H and O–H groups in total. The molecule has 0 heterocycles. The number of hydrogen-bond acceptors (Lipinski definition) is 1. The van der Waals surface area contributed by atoms with Gasteiger partial charge < -0.3 is 5.32 Å². The molecular formula is C12H23N. The molecule has 0 aliphatic heterocycles. The van der Waals surface area contributed by atoms with E-state index >= 15 is 0 Å². The highest BCUT2D eigenvalue weighted by molar-refractivity contribution is 4.90. The molecule has 2 fully saturated rings. The fourth-order valence-electron chi connectivity index (χ4n) is 2.48. The minimum Gasteiger partial charge on any atom is -0.313 e. The maximum atomic E-state index is 3.77. The van der Waals surface area contributed by atoms with Gasteiger partial charge in [0.05, 0.1) is 0 Å². The van der Waals surface area contributed by atoms with Gasteiger partial charge in [-0.15, -0.1) is 0 Å². The molecule has 0 aromatic carbocycles. The molecule has 0 radical (unpaired) electrons. The molecule has 0 spiro atoms. The van der Waals surface area contributed by atoms with Crippen LogP contribution in [0.3, 0.4) is 0 Å². The van der Waals surface area contributed by atoms with E-state index in [1.54, 1.807) is 0 Å². The first-order valence-electron chi connectivity index (χ1n) is 5.97. The lowest BCUT2D eigenvalue weighted by molar-refractivity contribution is 0.148. The van der Waals surface area contributed by atoms with E-state index in [1.807, 2.05) is 0 Å². The first-order chi connectivity index (χ1) is 6.23. The second-order valence-corrected chi connectivity index (χ2v) is 5.40. The van der Waals surface area contributed by atoms with Crippen LogP contribution >= 0.6 is 0 Å². The van der Waals surface area contributed by atoms with Crippen molar-refractivity contribution in [3.8, 4) is 0 Å². The van der Waals surface area contributed by atoms with Gasteiger partial charge in [0.15, 0.2) is 0 Å². The lowest BCUT2D eigenvalue weighted by atomic mass is 9.70. The minimum atomic E-state index is 0.655. The van der Waals surface area contributed by atoms with Gasteiger partial charge in [-0.3, -0.25) is 0 Å². The normalized spacial score (nSPS) is 28.2. The molecule has 2 aliphatic rings. The van der Waals surface area contributed by atoms with E-state index in [9.17, 15) is 0 Å². The average molecular weight is 181 g/mol. The van der Waals surface area contributed by atoms with Gasteiger partial charge in [-0.1, -0.05) is 20.3 Å². The zero-order valence-corrected chi connectivity index (χ0v) is 9.10. The second kappa shape index (κ2) is 3.61. The summed E-state index contributed by atoms with van der Waals surface area (Å²) >= 11 is 0. The van der Waals surface area contributed by atoms with Gasteiger partial charge in [0.1, 0.15) is 0 Å². The first kappa shape index (κ1) is 9.51. The standard InChI is InChI=1S/C12H23N/c1-3-11(10-5-6-10)13-9-12(2)7-4-8-12/h10-11,13H,3-9H2,1-2H3. The maximum absolute atomic E-state index is 3.77. The van der Waals surface area contributed by atoms with Crippen molar-refractivity contribution in [1.29, 1.82) is 0 Å². The van der Waals surface area contributed by atoms with E-state index in [0.29, 0.717) is 5.41 Å². The van der Waals surface area contributed by atoms with Crippen molar-refractivity contribution in [3.05, 3.63) is 0 Å². The van der Waals surface area contributed by atoms with Crippen LogP contribution in [0.4, 0.5) is 0 Å². The van der Waals surface area contributed by atoms with Crippen LogP contribution in [-0.4, -0.2) is 12.6 Å². The van der Waals surface area contributed by atoms with E-state index in [4.69, 9.17) is 0 Å². The summed E-state index contributed by atoms with van der Waals surface area (Å²) in [6, 6.07) is 0.831. The quantitative estimate of drug-likeness (QED) is 0.687. The molecule has 0 amide bonds. The van der Waals surface area contributed by atoms with Gasteiger partial charge in [-0.25, -0.2) is 0 Å². The van der Waals surface area contributed by atoms with E-state index < -0.39 is 0 Å². The van der Waals surface area contributed by atoms with Gasteiger partial charge >= 0.3 is 0 Å². The van der Waals surface area contributed by atoms with Crippen molar-refractivity contribution in [3.63, 3.8) is 0 Å². The third kappa shape index (κ3) is 2.25. The van der Waals surface area contributed by atoms with Crippen molar-refractivity contribution in [1.82, 2.24) is 5.32 Å². The summed E-state index contributed by atoms with van der Waals surface area (Å²) in [5.41, 5.74) is 0.655. The van der Waals surface area contributed by atoms with Crippen molar-refractivity contribution >= 4 is 0 Å². The zero-order chi connectivity index (χ0) is 9.31. The lowest BCUT2D eigenvalue weighted by Gasteiger charge is -2.39. The Morgan fingerprint density at radius 1 is 1.38 bits per heavy atom. The minimum absolute atomic E-state index is 0.655. The Labute approximate surface area is 82.3 Å². The molecule has 2 saturated carbocycles. The number of rotatable bonds is 5. The van der Waals surface area contributed by atoms with Crippen molar-refractivity contribution in [2.75, 3.05) is 6.54 Å². The summed E-state index contributed by atoms with van der Waals surface area (Å²) in [5.74, 6) is 1.02. The molecule has 1 heteroatoms. The zero-order valence-electron chi connectivity index (χ0n) is 9.10. The summed E-state index contributed by atoms with van der Waals surface area (Å²) in [5, 5.41) is 3.77. The van der Waals surface area contributed by atoms with Crippen LogP contribution in [0.2, 0.25) is 0 Å². The van der Waals surface area contributed by atoms with Crippen molar-refractivity contribution < 1.29 is 0 Å². The first-order valence-corrected chi connectivity index (χ1v) is 5.97. The molecule has 0 bridgehead atoms. The van der Waals surface area contributed by atoms with Crippen LogP contribution in [0.5, 0.6) is 0 Å². The monoisotopic (exact) mass is 181 g/mol. The predicted molar refractivity (Wildman–Crippen MR) is 56.8 cm³/mol. The van der Waals surface area contributed by atoms with Gasteiger partial charge in [0, 0.05) is 12.6 Å². The average Bonchev–Trinajstić information content (AvgIpc) is 2.86. The van der Waals surface area contributed by atoms with Crippen LogP contribution in [0.25, 0.3) is 0 Å². The lowest BCUT2D eigenvalue weighted by Crippen LogP contribution is -2.42. The van der Waals surface area contributed by atoms with Gasteiger partial charge in [0.25, 0.3) is 0 Å². The Kier molecular flexibility index (Phi) is 2.64. The highest BCUT2D eigenvalue weighted by Gasteiger charge is 2.34. The molecule has 0 aromatic rings. The predicted octanol–water partition coefficient (Wildman–Crippen LogP) is 2.95. The Hall–Kier alpha value is -0.0400. The molecule has 1 atom stereocenters. The number of nitrogens with one attached hydrogen (secondary N) is 1. The summed E-state index contributed by atoms with van der Waals surface area (Å²) in [6.07, 6.45) is 8.62. The molecule has 2 rings (SSSR count). The van der Waals surface area contributed by atoms with E-state index in [0.717, 1.165) is 12.0 Å². The summed E-state index contributed by atoms with van der Waals surface area (Å²) < 4.78 is 0. The van der Waals surface area contributed by atoms with Crippen LogP contribution in [-0.2, 0) is 0 Å². The third-order valence-corrected chi connectivity index (χ3v) is 3.98. The van der Waals surface area contributed by atoms with E-state index in [2.05, 4.69) is 19.2 Å². The second-order valence-electron chi connectivity index (χ2n) is 5.40. The van der Waals surface area contributed by atoms with Gasteiger partial charge in [-0.2, -0.15) is 0 Å². The molecule has 2 aliphatic carbocycles. The highest BCUT2D eigenvalue weighted by atomic mass is 14.9. The fourth-order valence-corrected chi connectivity index (χ4v) is 2.48. The Bertz CT molecular complexity index is 168. The fraction of sp³-hybridized carbons (Fsp3) is 1.00. The van der Waals surface area contributed by atoms with Crippen LogP contribution < -0.4 is 5.32 Å². The van der Waals surface area contributed by atoms with Crippen LogP contribution in [0.15, 0.2) is 0 Å². The highest BCUT2D eigenvalue weighted by Crippen LogP contribution is 2.40. The Morgan fingerprint density at radius 2 is 2.08 bits per heavy atom. The molecular weight excluding hydrogens is 158 g/mol. The maximum Gasteiger partial charge on any atom is 0.00929 e. The summed E-state index contributed by atoms with van der Waals surface area (Å²) in [7, 11) is 0. The molecule has 13 heavy (non-hydrogen) atoms. The van der Waals surface area contributed by atoms with Crippen LogP contribution in [0.1, 0.15) is 52.4 Å². The topological polar surface area (TPSA) is 12.0 Å². The molecule has 0 saturated heterocycles. The molecule has 1 unspecified atom stereocenters. The summed E-state index contributed by atoms with van der Waals surface area (Å²) in [4.78, 5) is 0. The number of hydrogen-bond donors (Lipinski definition) is 1. The smallest absolute Gasteiger partial charge is 0.00929 e. The van der Waals surface area contributed by atoms with Gasteiger partial charge in [-0.05, 0) is 43.4 Å². The van der Waals surface area contributed by atoms with E-state index in [-0.39, 0.29) is 0 Å². The van der Waals surface area contributed by atoms with Crippen LogP contribution in [0, 0.1) is 11.3 Å². The largest absolute Gasteiger partial charge is 0.313 e. The SMILES string of the molecule is CCC(NCC1(C)CCC1)C1CC1. The third-order valence-electron chi connectivity index (χ3n) is 3.98. The Balaban J connectivity index is 1.70. The Morgan fingerprint density at radius 3 is 2.46 bits per heavy atom. The summed E-state index contributed by atoms with van der Waals surface area (Å²) in [6.45, 7) is 6.02. The van der Waals surface area contributed by atoms with Crippen molar-refractivity contribution in [2.45, 2.75) is 58.4 Å². The van der Waals surface area contributed by atoms with Gasteiger partial charge in [0.2, 0.25) is 0 Å². The molecule has 76 valence electrons.